The van der Waals surface area contributed by atoms with E-state index in [9.17, 15) is 0 Å². The van der Waals surface area contributed by atoms with Crippen LogP contribution in [0.3, 0.4) is 0 Å². The number of hydrogen-bond donors (Lipinski definition) is 1. The molecule has 0 saturated heterocycles. The summed E-state index contributed by atoms with van der Waals surface area (Å²) in [4.78, 5) is 0. The molecule has 3 aromatic rings. The van der Waals surface area contributed by atoms with Crippen LogP contribution >= 0.6 is 6.89 Å². The average Bonchev–Trinajstić information content (AvgIpc) is 2.62. The second-order valence-electron chi connectivity index (χ2n) is 4.91. The first-order valence-electron chi connectivity index (χ1n) is 7.13. The first-order valence-corrected chi connectivity index (χ1v) is 8.92. The molecule has 1 N–H and O–H groups in total. The lowest BCUT2D eigenvalue weighted by molar-refractivity contribution is 1.60. The van der Waals surface area contributed by atoms with Crippen molar-refractivity contribution in [2.24, 2.45) is 0 Å². The summed E-state index contributed by atoms with van der Waals surface area (Å²) in [5.74, 6) is 2.45. The molecule has 0 amide bonds. The van der Waals surface area contributed by atoms with Crippen molar-refractivity contribution in [2.75, 3.05) is 0 Å². The van der Waals surface area contributed by atoms with Crippen molar-refractivity contribution < 1.29 is 0 Å². The van der Waals surface area contributed by atoms with Gasteiger partial charge in [-0.3, -0.25) is 5.41 Å². The van der Waals surface area contributed by atoms with Gasteiger partial charge in [-0.15, -0.1) is 0 Å². The van der Waals surface area contributed by atoms with E-state index in [0.717, 1.165) is 0 Å². The normalized spacial score (nSPS) is 10.5. The van der Waals surface area contributed by atoms with Crippen LogP contribution in [0.25, 0.3) is 0 Å². The Kier molecular flexibility index (Phi) is 4.24. The predicted molar refractivity (Wildman–Crippen MR) is 97.9 cm³/mol. The molecule has 3 rings (SSSR count). The molecule has 106 valence electrons. The smallest absolute Gasteiger partial charge is 0.0308 e. The van der Waals surface area contributed by atoms with Crippen LogP contribution in [0.5, 0.6) is 0 Å². The predicted octanol–water partition coefficient (Wildman–Crippen LogP) is 3.19. The fourth-order valence-corrected chi connectivity index (χ4v) is 5.99. The monoisotopic (exact) mass is 301 g/mol. The minimum absolute atomic E-state index is 1.19. The van der Waals surface area contributed by atoms with Gasteiger partial charge >= 0.3 is 0 Å². The summed E-state index contributed by atoms with van der Waals surface area (Å²) in [5, 5.41) is 11.1. The van der Waals surface area contributed by atoms with Crippen molar-refractivity contribution in [3.8, 4) is 0 Å². The summed E-state index contributed by atoms with van der Waals surface area (Å²) >= 11 is 0. The van der Waals surface area contributed by atoms with Crippen molar-refractivity contribution >= 4 is 34.1 Å². The molecule has 0 saturated carbocycles. The maximum Gasteiger partial charge on any atom is 0.0308 e. The SMILES string of the molecule is N=C=C=P(c1ccccc1)(c1ccccc1)c1ccccc1. The van der Waals surface area contributed by atoms with Crippen molar-refractivity contribution in [1.29, 1.82) is 5.41 Å². The van der Waals surface area contributed by atoms with Gasteiger partial charge < -0.3 is 0 Å². The fourth-order valence-electron chi connectivity index (χ4n) is 2.68. The van der Waals surface area contributed by atoms with E-state index >= 15 is 0 Å². The average molecular weight is 301 g/mol. The van der Waals surface area contributed by atoms with E-state index in [1.165, 1.54) is 15.9 Å². The van der Waals surface area contributed by atoms with E-state index in [2.05, 4.69) is 47.7 Å². The molecule has 0 unspecified atom stereocenters. The molecule has 1 nitrogen and oxygen atoms in total. The largest absolute Gasteiger partial charge is 0.251 e. The van der Waals surface area contributed by atoms with Gasteiger partial charge in [0, 0.05) is 12.8 Å². The first-order chi connectivity index (χ1) is 10.9. The standard InChI is InChI=1S/C20H16NP/c21-16-17-22(18-10-4-1-5-11-18,19-12-6-2-7-13-19)20-14-8-3-9-15-20/h1-15,21H. The van der Waals surface area contributed by atoms with Crippen LogP contribution in [-0.4, -0.2) is 11.3 Å². The zero-order chi connectivity index (χ0) is 15.3. The molecule has 0 spiro atoms. The van der Waals surface area contributed by atoms with Crippen LogP contribution in [0.1, 0.15) is 0 Å². The van der Waals surface area contributed by atoms with E-state index in [-0.39, 0.29) is 0 Å². The summed E-state index contributed by atoms with van der Waals surface area (Å²) in [7, 11) is 0. The molecule has 0 aliphatic carbocycles. The van der Waals surface area contributed by atoms with Crippen molar-refractivity contribution in [3.05, 3.63) is 91.0 Å². The molecular formula is C20H16NP. The van der Waals surface area contributed by atoms with Gasteiger partial charge in [0.05, 0.1) is 0 Å². The van der Waals surface area contributed by atoms with Gasteiger partial charge in [-0.25, -0.2) is 0 Å². The molecule has 0 atom stereocenters. The quantitative estimate of drug-likeness (QED) is 0.567. The highest BCUT2D eigenvalue weighted by molar-refractivity contribution is 7.94. The van der Waals surface area contributed by atoms with Gasteiger partial charge in [0.25, 0.3) is 0 Å². The van der Waals surface area contributed by atoms with Gasteiger partial charge in [-0.1, -0.05) is 91.0 Å². The Morgan fingerprint density at radius 2 is 0.864 bits per heavy atom. The van der Waals surface area contributed by atoms with Crippen LogP contribution in [0.15, 0.2) is 91.0 Å². The molecular weight excluding hydrogens is 285 g/mol. The van der Waals surface area contributed by atoms with Crippen molar-refractivity contribution in [3.63, 3.8) is 0 Å². The van der Waals surface area contributed by atoms with Gasteiger partial charge in [0.15, 0.2) is 0 Å². The lowest BCUT2D eigenvalue weighted by Gasteiger charge is -2.25. The zero-order valence-corrected chi connectivity index (χ0v) is 13.0. The van der Waals surface area contributed by atoms with E-state index in [1.54, 1.807) is 0 Å². The van der Waals surface area contributed by atoms with E-state index < -0.39 is 6.89 Å². The Labute approximate surface area is 131 Å². The summed E-state index contributed by atoms with van der Waals surface area (Å²) < 4.78 is 0. The zero-order valence-electron chi connectivity index (χ0n) is 12.1. The molecule has 0 fully saturated rings. The Hall–Kier alpha value is -2.55. The minimum Gasteiger partial charge on any atom is -0.251 e. The van der Waals surface area contributed by atoms with Crippen LogP contribution in [0.4, 0.5) is 0 Å². The number of nitrogens with one attached hydrogen (secondary N) is 1. The van der Waals surface area contributed by atoms with E-state index in [1.807, 2.05) is 54.6 Å². The number of rotatable bonds is 3. The second kappa shape index (κ2) is 6.48. The molecule has 0 heterocycles. The van der Waals surface area contributed by atoms with Gasteiger partial charge in [-0.2, -0.15) is 0 Å². The summed E-state index contributed by atoms with van der Waals surface area (Å²) in [5.41, 5.74) is 3.27. The molecule has 0 aromatic heterocycles. The lowest BCUT2D eigenvalue weighted by atomic mass is 10.4. The topological polar surface area (TPSA) is 23.9 Å². The third-order valence-corrected chi connectivity index (χ3v) is 7.32. The van der Waals surface area contributed by atoms with E-state index in [0.29, 0.717) is 0 Å². The Morgan fingerprint density at radius 1 is 0.545 bits per heavy atom. The Balaban J connectivity index is 2.47. The second-order valence-corrected chi connectivity index (χ2v) is 8.03. The Morgan fingerprint density at radius 3 is 1.14 bits per heavy atom. The third-order valence-electron chi connectivity index (χ3n) is 3.65. The summed E-state index contributed by atoms with van der Waals surface area (Å²) in [6, 6.07) is 31.0. The third kappa shape index (κ3) is 2.50. The maximum absolute atomic E-state index is 7.57. The highest BCUT2D eigenvalue weighted by atomic mass is 31.2. The Bertz CT molecular complexity index is 754. The molecule has 0 aliphatic heterocycles. The molecule has 0 bridgehead atoms. The summed E-state index contributed by atoms with van der Waals surface area (Å²) in [6.07, 6.45) is 0. The highest BCUT2D eigenvalue weighted by Crippen LogP contribution is 2.42. The van der Waals surface area contributed by atoms with Crippen molar-refractivity contribution in [1.82, 2.24) is 0 Å². The molecule has 2 heteroatoms. The number of benzene rings is 3. The van der Waals surface area contributed by atoms with Crippen molar-refractivity contribution in [2.45, 2.75) is 0 Å². The molecule has 3 aromatic carbocycles. The molecule has 22 heavy (non-hydrogen) atoms. The van der Waals surface area contributed by atoms with Crippen LogP contribution in [0.2, 0.25) is 0 Å². The molecule has 0 radical (unpaired) electrons. The highest BCUT2D eigenvalue weighted by Gasteiger charge is 2.24. The minimum atomic E-state index is -2.10. The summed E-state index contributed by atoms with van der Waals surface area (Å²) in [6.45, 7) is -2.10. The van der Waals surface area contributed by atoms with E-state index in [4.69, 9.17) is 5.41 Å². The van der Waals surface area contributed by atoms with Crippen LogP contribution < -0.4 is 15.9 Å². The number of hydrogen-bond acceptors (Lipinski definition) is 1. The molecule has 0 aliphatic rings. The fraction of sp³-hybridized carbons (Fsp3) is 0. The van der Waals surface area contributed by atoms with Gasteiger partial charge in [-0.05, 0) is 21.4 Å². The van der Waals surface area contributed by atoms with Gasteiger partial charge in [0.1, 0.15) is 0 Å². The van der Waals surface area contributed by atoms with Gasteiger partial charge in [0.2, 0.25) is 0 Å². The van der Waals surface area contributed by atoms with Crippen LogP contribution in [-0.2, 0) is 0 Å². The first kappa shape index (κ1) is 14.4. The maximum atomic E-state index is 7.57. The van der Waals surface area contributed by atoms with Crippen LogP contribution in [0, 0.1) is 5.41 Å². The lowest BCUT2D eigenvalue weighted by Crippen LogP contribution is -2.25.